The molecule has 0 aliphatic rings. The van der Waals surface area contributed by atoms with Crippen LogP contribution in [0.1, 0.15) is 23.6 Å². The van der Waals surface area contributed by atoms with Gasteiger partial charge in [0.2, 0.25) is 5.91 Å². The topological polar surface area (TPSA) is 45.2 Å². The number of amides is 1. The molecule has 1 amide bonds. The average molecular weight is 315 g/mol. The molecular weight excluding hydrogens is 293 g/mol. The van der Waals surface area contributed by atoms with Gasteiger partial charge in [-0.3, -0.25) is 14.7 Å². The van der Waals surface area contributed by atoms with Crippen molar-refractivity contribution < 1.29 is 9.18 Å². The molecule has 0 radical (unpaired) electrons. The molecule has 0 aliphatic heterocycles. The van der Waals surface area contributed by atoms with Gasteiger partial charge in [0.25, 0.3) is 0 Å². The third-order valence-electron chi connectivity index (χ3n) is 3.62. The van der Waals surface area contributed by atoms with Crippen molar-refractivity contribution in [2.45, 2.75) is 18.9 Å². The van der Waals surface area contributed by atoms with Crippen LogP contribution in [0.3, 0.4) is 0 Å². The van der Waals surface area contributed by atoms with Crippen molar-refractivity contribution in [2.75, 3.05) is 20.6 Å². The summed E-state index contributed by atoms with van der Waals surface area (Å²) in [7, 11) is 3.62. The van der Waals surface area contributed by atoms with Crippen molar-refractivity contribution in [3.63, 3.8) is 0 Å². The lowest BCUT2D eigenvalue weighted by Crippen LogP contribution is -2.37. The second kappa shape index (κ2) is 8.39. The van der Waals surface area contributed by atoms with E-state index in [-0.39, 0.29) is 11.7 Å². The first-order valence-electron chi connectivity index (χ1n) is 7.66. The molecule has 1 heterocycles. The number of likely N-dealkylation sites (N-methyl/N-ethyl adjacent to an activating group) is 1. The van der Waals surface area contributed by atoms with Crippen molar-refractivity contribution in [3.8, 4) is 0 Å². The molecule has 4 nitrogen and oxygen atoms in total. The van der Waals surface area contributed by atoms with Gasteiger partial charge in [0.05, 0.1) is 0 Å². The second-order valence-corrected chi connectivity index (χ2v) is 5.67. The highest BCUT2D eigenvalue weighted by Gasteiger charge is 2.22. The number of rotatable bonds is 7. The lowest BCUT2D eigenvalue weighted by atomic mass is 10.0. The Morgan fingerprint density at radius 2 is 2.00 bits per heavy atom. The van der Waals surface area contributed by atoms with E-state index in [1.165, 1.54) is 17.7 Å². The van der Waals surface area contributed by atoms with Gasteiger partial charge in [-0.2, -0.15) is 0 Å². The summed E-state index contributed by atoms with van der Waals surface area (Å²) in [6.45, 7) is 0.584. The summed E-state index contributed by atoms with van der Waals surface area (Å²) in [5, 5.41) is 2.93. The van der Waals surface area contributed by atoms with E-state index in [1.807, 2.05) is 26.2 Å². The van der Waals surface area contributed by atoms with Gasteiger partial charge in [0.1, 0.15) is 11.9 Å². The van der Waals surface area contributed by atoms with Crippen molar-refractivity contribution >= 4 is 5.91 Å². The van der Waals surface area contributed by atoms with Crippen molar-refractivity contribution in [1.82, 2.24) is 15.2 Å². The minimum Gasteiger partial charge on any atom is -0.354 e. The van der Waals surface area contributed by atoms with Gasteiger partial charge in [0, 0.05) is 18.9 Å². The van der Waals surface area contributed by atoms with Crippen LogP contribution in [-0.2, 0) is 11.2 Å². The molecule has 23 heavy (non-hydrogen) atoms. The van der Waals surface area contributed by atoms with Crippen LogP contribution in [0.5, 0.6) is 0 Å². The number of halogens is 1. The Morgan fingerprint density at radius 1 is 1.26 bits per heavy atom. The highest BCUT2D eigenvalue weighted by molar-refractivity contribution is 5.83. The number of nitrogens with zero attached hydrogens (tertiary/aromatic N) is 2. The predicted octanol–water partition coefficient (Wildman–Crippen LogP) is 2.57. The number of carbonyl (C=O) groups is 1. The van der Waals surface area contributed by atoms with Crippen molar-refractivity contribution in [2.24, 2.45) is 0 Å². The Balaban J connectivity index is 1.89. The predicted molar refractivity (Wildman–Crippen MR) is 88.4 cm³/mol. The van der Waals surface area contributed by atoms with Crippen LogP contribution in [0.4, 0.5) is 4.39 Å². The van der Waals surface area contributed by atoms with E-state index in [9.17, 15) is 9.18 Å². The number of aryl methyl sites for hydroxylation is 1. The summed E-state index contributed by atoms with van der Waals surface area (Å²) in [5.41, 5.74) is 1.85. The Labute approximate surface area is 136 Å². The van der Waals surface area contributed by atoms with E-state index in [4.69, 9.17) is 0 Å². The molecule has 1 atom stereocenters. The van der Waals surface area contributed by atoms with Gasteiger partial charge in [-0.1, -0.05) is 12.1 Å². The molecular formula is C18H22FN3O. The number of benzene rings is 1. The van der Waals surface area contributed by atoms with Crippen LogP contribution in [0, 0.1) is 5.82 Å². The normalized spacial score (nSPS) is 12.2. The smallest absolute Gasteiger partial charge is 0.241 e. The summed E-state index contributed by atoms with van der Waals surface area (Å²) in [5.74, 6) is -0.449. The summed E-state index contributed by atoms with van der Waals surface area (Å²) < 4.78 is 13.4. The molecule has 5 heteroatoms. The van der Waals surface area contributed by atoms with Gasteiger partial charge in [-0.05, 0) is 62.3 Å². The molecule has 1 aromatic heterocycles. The lowest BCUT2D eigenvalue weighted by molar-refractivity contribution is -0.125. The fourth-order valence-electron chi connectivity index (χ4n) is 2.51. The zero-order chi connectivity index (χ0) is 16.7. The quantitative estimate of drug-likeness (QED) is 0.799. The third-order valence-corrected chi connectivity index (χ3v) is 3.62. The summed E-state index contributed by atoms with van der Waals surface area (Å²) in [4.78, 5) is 18.2. The van der Waals surface area contributed by atoms with Crippen LogP contribution in [0.25, 0.3) is 0 Å². The molecule has 1 N–H and O–H groups in total. The minimum absolute atomic E-state index is 0.115. The SMILES string of the molecule is CN(C)[C@H](C(=O)NCCCc1ccncc1)c1cccc(F)c1. The van der Waals surface area contributed by atoms with E-state index in [0.29, 0.717) is 12.1 Å². The highest BCUT2D eigenvalue weighted by Crippen LogP contribution is 2.19. The maximum absolute atomic E-state index is 13.4. The Hall–Kier alpha value is -2.27. The van der Waals surface area contributed by atoms with Gasteiger partial charge in [0.15, 0.2) is 0 Å². The summed E-state index contributed by atoms with van der Waals surface area (Å²) >= 11 is 0. The first-order chi connectivity index (χ1) is 11.1. The van der Waals surface area contributed by atoms with E-state index in [1.54, 1.807) is 29.4 Å². The van der Waals surface area contributed by atoms with E-state index in [2.05, 4.69) is 10.3 Å². The minimum atomic E-state index is -0.494. The molecule has 0 bridgehead atoms. The number of aromatic nitrogens is 1. The molecule has 0 saturated carbocycles. The molecule has 0 fully saturated rings. The number of nitrogens with one attached hydrogen (secondary N) is 1. The summed E-state index contributed by atoms with van der Waals surface area (Å²) in [6, 6.07) is 9.62. The monoisotopic (exact) mass is 315 g/mol. The zero-order valence-electron chi connectivity index (χ0n) is 13.5. The van der Waals surface area contributed by atoms with Crippen LogP contribution >= 0.6 is 0 Å². The molecule has 1 aromatic carbocycles. The molecule has 122 valence electrons. The second-order valence-electron chi connectivity index (χ2n) is 5.67. The maximum Gasteiger partial charge on any atom is 0.241 e. The van der Waals surface area contributed by atoms with Gasteiger partial charge >= 0.3 is 0 Å². The molecule has 0 unspecified atom stereocenters. The van der Waals surface area contributed by atoms with Crippen molar-refractivity contribution in [1.29, 1.82) is 0 Å². The van der Waals surface area contributed by atoms with Crippen LogP contribution < -0.4 is 5.32 Å². The zero-order valence-corrected chi connectivity index (χ0v) is 13.5. The van der Waals surface area contributed by atoms with E-state index in [0.717, 1.165) is 12.8 Å². The first kappa shape index (κ1) is 17.1. The molecule has 2 rings (SSSR count). The Kier molecular flexibility index (Phi) is 6.23. The van der Waals surface area contributed by atoms with Crippen LogP contribution in [0.15, 0.2) is 48.8 Å². The number of hydrogen-bond donors (Lipinski definition) is 1. The largest absolute Gasteiger partial charge is 0.354 e. The average Bonchev–Trinajstić information content (AvgIpc) is 2.52. The maximum atomic E-state index is 13.4. The Morgan fingerprint density at radius 3 is 2.65 bits per heavy atom. The molecule has 2 aromatic rings. The molecule has 0 spiro atoms. The van der Waals surface area contributed by atoms with E-state index >= 15 is 0 Å². The van der Waals surface area contributed by atoms with Crippen LogP contribution in [-0.4, -0.2) is 36.4 Å². The fraction of sp³-hybridized carbons (Fsp3) is 0.333. The fourth-order valence-corrected chi connectivity index (χ4v) is 2.51. The summed E-state index contributed by atoms with van der Waals surface area (Å²) in [6.07, 6.45) is 5.26. The standard InChI is InChI=1S/C18H22FN3O/c1-22(2)17(15-6-3-7-16(19)13-15)18(23)21-10-4-5-14-8-11-20-12-9-14/h3,6-9,11-13,17H,4-5,10H2,1-2H3,(H,21,23)/t17-/m0/s1. The number of carbonyl (C=O) groups excluding carboxylic acids is 1. The highest BCUT2D eigenvalue weighted by atomic mass is 19.1. The van der Waals surface area contributed by atoms with Crippen LogP contribution in [0.2, 0.25) is 0 Å². The number of hydrogen-bond acceptors (Lipinski definition) is 3. The molecule has 0 aliphatic carbocycles. The third kappa shape index (κ3) is 5.14. The van der Waals surface area contributed by atoms with Crippen molar-refractivity contribution in [3.05, 3.63) is 65.7 Å². The Bertz CT molecular complexity index is 631. The first-order valence-corrected chi connectivity index (χ1v) is 7.66. The van der Waals surface area contributed by atoms with E-state index < -0.39 is 6.04 Å². The van der Waals surface area contributed by atoms with Gasteiger partial charge < -0.3 is 5.32 Å². The number of pyridine rings is 1. The lowest BCUT2D eigenvalue weighted by Gasteiger charge is -2.24. The van der Waals surface area contributed by atoms with Gasteiger partial charge in [-0.15, -0.1) is 0 Å². The molecule has 0 saturated heterocycles. The van der Waals surface area contributed by atoms with Gasteiger partial charge in [-0.25, -0.2) is 4.39 Å².